The zero-order chi connectivity index (χ0) is 10.4. The van der Waals surface area contributed by atoms with Crippen molar-refractivity contribution in [2.24, 2.45) is 5.73 Å². The minimum absolute atomic E-state index is 0.203. The van der Waals surface area contributed by atoms with E-state index in [1.54, 1.807) is 11.8 Å². The van der Waals surface area contributed by atoms with Gasteiger partial charge in [0.1, 0.15) is 5.82 Å². The molecule has 0 atom stereocenters. The predicted octanol–water partition coefficient (Wildman–Crippen LogP) is 3.18. The summed E-state index contributed by atoms with van der Waals surface area (Å²) in [6, 6.07) is 4.83. The Kier molecular flexibility index (Phi) is 4.98. The molecule has 0 bridgehead atoms. The van der Waals surface area contributed by atoms with Gasteiger partial charge in [-0.15, -0.1) is 11.8 Å². The van der Waals surface area contributed by atoms with Crippen LogP contribution in [0.25, 0.3) is 0 Å². The van der Waals surface area contributed by atoms with Crippen LogP contribution >= 0.6 is 11.8 Å². The number of halogens is 1. The van der Waals surface area contributed by atoms with E-state index < -0.39 is 0 Å². The largest absolute Gasteiger partial charge is 0.326 e. The molecule has 78 valence electrons. The zero-order valence-corrected chi connectivity index (χ0v) is 9.24. The Hall–Kier alpha value is -0.540. The van der Waals surface area contributed by atoms with Crippen LogP contribution in [0.4, 0.5) is 4.39 Å². The topological polar surface area (TPSA) is 26.0 Å². The molecule has 14 heavy (non-hydrogen) atoms. The van der Waals surface area contributed by atoms with Gasteiger partial charge in [-0.1, -0.05) is 13.3 Å². The summed E-state index contributed by atoms with van der Waals surface area (Å²) in [6.07, 6.45) is 2.37. The van der Waals surface area contributed by atoms with Crippen molar-refractivity contribution in [1.29, 1.82) is 0 Å². The third-order valence-corrected chi connectivity index (χ3v) is 3.20. The Morgan fingerprint density at radius 2 is 2.21 bits per heavy atom. The van der Waals surface area contributed by atoms with Gasteiger partial charge < -0.3 is 5.73 Å². The lowest BCUT2D eigenvalue weighted by atomic mass is 10.2. The highest BCUT2D eigenvalue weighted by molar-refractivity contribution is 7.99. The highest BCUT2D eigenvalue weighted by Crippen LogP contribution is 2.24. The van der Waals surface area contributed by atoms with Crippen molar-refractivity contribution >= 4 is 11.8 Å². The second-order valence-electron chi connectivity index (χ2n) is 3.16. The Morgan fingerprint density at radius 3 is 2.86 bits per heavy atom. The molecule has 0 radical (unpaired) electrons. The molecule has 3 heteroatoms. The average molecular weight is 213 g/mol. The Morgan fingerprint density at radius 1 is 1.43 bits per heavy atom. The van der Waals surface area contributed by atoms with Gasteiger partial charge in [-0.2, -0.15) is 0 Å². The fraction of sp³-hybridized carbons (Fsp3) is 0.455. The average Bonchev–Trinajstić information content (AvgIpc) is 2.20. The quantitative estimate of drug-likeness (QED) is 0.600. The highest BCUT2D eigenvalue weighted by Gasteiger charge is 2.02. The lowest BCUT2D eigenvalue weighted by Crippen LogP contribution is -1.99. The summed E-state index contributed by atoms with van der Waals surface area (Å²) in [5.74, 6) is 0.875. The van der Waals surface area contributed by atoms with E-state index in [9.17, 15) is 4.39 Å². The van der Waals surface area contributed by atoms with Crippen LogP contribution in [-0.2, 0) is 6.54 Å². The van der Waals surface area contributed by atoms with E-state index in [-0.39, 0.29) is 5.82 Å². The number of nitrogens with two attached hydrogens (primary N) is 1. The predicted molar refractivity (Wildman–Crippen MR) is 59.9 cm³/mol. The number of rotatable bonds is 5. The molecule has 1 aromatic carbocycles. The van der Waals surface area contributed by atoms with Gasteiger partial charge in [0, 0.05) is 11.4 Å². The molecule has 1 rings (SSSR count). The van der Waals surface area contributed by atoms with Crippen molar-refractivity contribution in [1.82, 2.24) is 0 Å². The first kappa shape index (κ1) is 11.5. The smallest absolute Gasteiger partial charge is 0.123 e. The normalized spacial score (nSPS) is 10.5. The third kappa shape index (κ3) is 3.31. The fourth-order valence-electron chi connectivity index (χ4n) is 1.17. The van der Waals surface area contributed by atoms with Gasteiger partial charge in [-0.05, 0) is 35.9 Å². The molecular weight excluding hydrogens is 197 g/mol. The fourth-order valence-corrected chi connectivity index (χ4v) is 2.32. The molecule has 0 fully saturated rings. The third-order valence-electron chi connectivity index (χ3n) is 2.00. The summed E-state index contributed by atoms with van der Waals surface area (Å²) >= 11 is 1.76. The standard InChI is InChI=1S/C11H16FNS/c1-2-3-6-14-11-5-4-10(12)7-9(11)8-13/h4-5,7H,2-3,6,8,13H2,1H3. The highest BCUT2D eigenvalue weighted by atomic mass is 32.2. The molecule has 0 saturated carbocycles. The Bertz CT molecular complexity index is 289. The van der Waals surface area contributed by atoms with Crippen LogP contribution < -0.4 is 5.73 Å². The first-order chi connectivity index (χ1) is 6.77. The van der Waals surface area contributed by atoms with Gasteiger partial charge in [-0.3, -0.25) is 0 Å². The van der Waals surface area contributed by atoms with E-state index in [1.165, 1.54) is 25.0 Å². The molecule has 1 aromatic rings. The number of hydrogen-bond donors (Lipinski definition) is 1. The van der Waals surface area contributed by atoms with Crippen LogP contribution in [0.15, 0.2) is 23.1 Å². The van der Waals surface area contributed by atoms with Gasteiger partial charge in [0.25, 0.3) is 0 Å². The van der Waals surface area contributed by atoms with E-state index in [2.05, 4.69) is 6.92 Å². The van der Waals surface area contributed by atoms with E-state index in [0.717, 1.165) is 16.2 Å². The minimum atomic E-state index is -0.203. The van der Waals surface area contributed by atoms with Crippen LogP contribution in [0, 0.1) is 5.82 Å². The molecule has 1 nitrogen and oxygen atoms in total. The Labute approximate surface area is 88.9 Å². The van der Waals surface area contributed by atoms with E-state index >= 15 is 0 Å². The van der Waals surface area contributed by atoms with Crippen molar-refractivity contribution in [2.75, 3.05) is 5.75 Å². The lowest BCUT2D eigenvalue weighted by Gasteiger charge is -2.06. The van der Waals surface area contributed by atoms with E-state index in [0.29, 0.717) is 6.54 Å². The van der Waals surface area contributed by atoms with Crippen molar-refractivity contribution in [2.45, 2.75) is 31.2 Å². The first-order valence-electron chi connectivity index (χ1n) is 4.89. The van der Waals surface area contributed by atoms with Crippen molar-refractivity contribution in [3.05, 3.63) is 29.6 Å². The molecular formula is C11H16FNS. The first-order valence-corrected chi connectivity index (χ1v) is 5.87. The minimum Gasteiger partial charge on any atom is -0.326 e. The number of benzene rings is 1. The lowest BCUT2D eigenvalue weighted by molar-refractivity contribution is 0.623. The van der Waals surface area contributed by atoms with Gasteiger partial charge in [-0.25, -0.2) is 4.39 Å². The van der Waals surface area contributed by atoms with Crippen LogP contribution in [0.2, 0.25) is 0 Å². The summed E-state index contributed by atoms with van der Waals surface area (Å²) < 4.78 is 12.9. The maximum absolute atomic E-state index is 12.9. The molecule has 0 aliphatic carbocycles. The van der Waals surface area contributed by atoms with E-state index in [1.807, 2.05) is 6.07 Å². The van der Waals surface area contributed by atoms with Gasteiger partial charge in [0.05, 0.1) is 0 Å². The van der Waals surface area contributed by atoms with Gasteiger partial charge in [0.15, 0.2) is 0 Å². The Balaban J connectivity index is 2.65. The summed E-state index contributed by atoms with van der Waals surface area (Å²) in [7, 11) is 0. The van der Waals surface area contributed by atoms with Crippen LogP contribution in [0.1, 0.15) is 25.3 Å². The zero-order valence-electron chi connectivity index (χ0n) is 8.42. The maximum Gasteiger partial charge on any atom is 0.123 e. The van der Waals surface area contributed by atoms with Crippen molar-refractivity contribution in [3.63, 3.8) is 0 Å². The van der Waals surface area contributed by atoms with Gasteiger partial charge >= 0.3 is 0 Å². The summed E-state index contributed by atoms with van der Waals surface area (Å²) in [5, 5.41) is 0. The molecule has 0 aromatic heterocycles. The molecule has 0 amide bonds. The second kappa shape index (κ2) is 6.04. The molecule has 0 aliphatic rings. The summed E-state index contributed by atoms with van der Waals surface area (Å²) in [6.45, 7) is 2.57. The SMILES string of the molecule is CCCCSc1ccc(F)cc1CN. The van der Waals surface area contributed by atoms with Gasteiger partial charge in [0.2, 0.25) is 0 Å². The molecule has 0 spiro atoms. The van der Waals surface area contributed by atoms with E-state index in [4.69, 9.17) is 5.73 Å². The van der Waals surface area contributed by atoms with Crippen LogP contribution in [0.5, 0.6) is 0 Å². The molecule has 0 aliphatic heterocycles. The second-order valence-corrected chi connectivity index (χ2v) is 4.29. The number of unbranched alkanes of at least 4 members (excludes halogenated alkanes) is 1. The van der Waals surface area contributed by atoms with Crippen molar-refractivity contribution < 1.29 is 4.39 Å². The maximum atomic E-state index is 12.9. The molecule has 0 heterocycles. The molecule has 0 unspecified atom stereocenters. The summed E-state index contributed by atoms with van der Waals surface area (Å²) in [5.41, 5.74) is 6.45. The molecule has 2 N–H and O–H groups in total. The number of hydrogen-bond acceptors (Lipinski definition) is 2. The van der Waals surface area contributed by atoms with Crippen molar-refractivity contribution in [3.8, 4) is 0 Å². The van der Waals surface area contributed by atoms with Crippen LogP contribution in [0.3, 0.4) is 0 Å². The summed E-state index contributed by atoms with van der Waals surface area (Å²) in [4.78, 5) is 1.11. The van der Waals surface area contributed by atoms with Crippen LogP contribution in [-0.4, -0.2) is 5.75 Å². The number of thioether (sulfide) groups is 1. The monoisotopic (exact) mass is 213 g/mol. The molecule has 0 saturated heterocycles.